The molecule has 1 N–H and O–H groups in total. The third-order valence-corrected chi connectivity index (χ3v) is 4.29. The van der Waals surface area contributed by atoms with Gasteiger partial charge in [-0.05, 0) is 50.0 Å². The molecule has 2 aromatic rings. The van der Waals surface area contributed by atoms with Crippen LogP contribution in [-0.4, -0.2) is 10.2 Å². The molecule has 100 valence electrons. The van der Waals surface area contributed by atoms with Gasteiger partial charge in [0.15, 0.2) is 5.78 Å². The van der Waals surface area contributed by atoms with E-state index in [1.165, 1.54) is 18.5 Å². The van der Waals surface area contributed by atoms with Gasteiger partial charge >= 0.3 is 0 Å². The molecule has 0 aliphatic heterocycles. The van der Waals surface area contributed by atoms with E-state index < -0.39 is 0 Å². The lowest BCUT2D eigenvalue weighted by Gasteiger charge is -2.09. The number of aryl methyl sites for hydroxylation is 2. The highest BCUT2D eigenvalue weighted by molar-refractivity contribution is 7.10. The summed E-state index contributed by atoms with van der Waals surface area (Å²) in [5.41, 5.74) is 2.89. The van der Waals surface area contributed by atoms with Gasteiger partial charge in [0, 0.05) is 5.02 Å². The standard InChI is InChI=1S/C13H12Cl2N2OS/c1-6-4-10(15)11(5-9(6)14)16-13-12(8(3)18)7(2)17-19-13/h4-5,16H,1-3H3. The predicted octanol–water partition coefficient (Wildman–Crippen LogP) is 5.01. The minimum atomic E-state index is -0.0249. The fourth-order valence-corrected chi connectivity index (χ4v) is 3.02. The van der Waals surface area contributed by atoms with Gasteiger partial charge in [0.25, 0.3) is 0 Å². The SMILES string of the molecule is CC(=O)c1c(C)nsc1Nc1cc(Cl)c(C)cc1Cl. The number of nitrogens with zero attached hydrogens (tertiary/aromatic N) is 1. The smallest absolute Gasteiger partial charge is 0.164 e. The van der Waals surface area contributed by atoms with E-state index in [0.29, 0.717) is 32.0 Å². The number of nitrogens with one attached hydrogen (secondary N) is 1. The van der Waals surface area contributed by atoms with Gasteiger partial charge in [-0.15, -0.1) is 0 Å². The van der Waals surface area contributed by atoms with Crippen molar-refractivity contribution >= 4 is 51.2 Å². The van der Waals surface area contributed by atoms with E-state index in [1.807, 2.05) is 13.8 Å². The average Bonchev–Trinajstić information content (AvgIpc) is 2.67. The molecule has 1 aromatic heterocycles. The molecule has 1 aromatic carbocycles. The fourth-order valence-electron chi connectivity index (χ4n) is 1.73. The molecule has 0 saturated carbocycles. The van der Waals surface area contributed by atoms with Crippen LogP contribution in [-0.2, 0) is 0 Å². The molecule has 0 unspecified atom stereocenters. The van der Waals surface area contributed by atoms with Crippen LogP contribution in [0.4, 0.5) is 10.7 Å². The van der Waals surface area contributed by atoms with Crippen molar-refractivity contribution < 1.29 is 4.79 Å². The first-order chi connectivity index (χ1) is 8.90. The third kappa shape index (κ3) is 2.91. The molecule has 0 radical (unpaired) electrons. The second-order valence-electron chi connectivity index (χ2n) is 4.23. The van der Waals surface area contributed by atoms with Gasteiger partial charge in [-0.1, -0.05) is 23.2 Å². The van der Waals surface area contributed by atoms with Crippen molar-refractivity contribution in [2.45, 2.75) is 20.8 Å². The lowest BCUT2D eigenvalue weighted by molar-refractivity contribution is 0.101. The zero-order valence-electron chi connectivity index (χ0n) is 10.7. The first kappa shape index (κ1) is 14.3. The van der Waals surface area contributed by atoms with Crippen LogP contribution in [0.1, 0.15) is 28.5 Å². The van der Waals surface area contributed by atoms with Crippen LogP contribution in [0.5, 0.6) is 0 Å². The molecule has 0 bridgehead atoms. The lowest BCUT2D eigenvalue weighted by Crippen LogP contribution is -1.99. The Morgan fingerprint density at radius 3 is 2.58 bits per heavy atom. The Labute approximate surface area is 125 Å². The molecule has 0 saturated heterocycles. The molecule has 6 heteroatoms. The van der Waals surface area contributed by atoms with E-state index in [4.69, 9.17) is 23.2 Å². The summed E-state index contributed by atoms with van der Waals surface area (Å²) in [6, 6.07) is 3.53. The van der Waals surface area contributed by atoms with Crippen LogP contribution in [0.3, 0.4) is 0 Å². The molecule has 0 atom stereocenters. The van der Waals surface area contributed by atoms with E-state index in [-0.39, 0.29) is 5.78 Å². The molecule has 19 heavy (non-hydrogen) atoms. The molecule has 0 amide bonds. The van der Waals surface area contributed by atoms with Crippen LogP contribution < -0.4 is 5.32 Å². The maximum atomic E-state index is 11.6. The van der Waals surface area contributed by atoms with Gasteiger partial charge in [-0.2, -0.15) is 4.37 Å². The molecule has 2 rings (SSSR count). The van der Waals surface area contributed by atoms with E-state index in [1.54, 1.807) is 12.1 Å². The Morgan fingerprint density at radius 1 is 1.26 bits per heavy atom. The maximum Gasteiger partial charge on any atom is 0.164 e. The largest absolute Gasteiger partial charge is 0.344 e. The summed E-state index contributed by atoms with van der Waals surface area (Å²) in [6.07, 6.45) is 0. The fraction of sp³-hybridized carbons (Fsp3) is 0.231. The van der Waals surface area contributed by atoms with Crippen LogP contribution in [0.2, 0.25) is 10.0 Å². The minimum absolute atomic E-state index is 0.0249. The Morgan fingerprint density at radius 2 is 1.95 bits per heavy atom. The summed E-state index contributed by atoms with van der Waals surface area (Å²) in [7, 11) is 0. The highest BCUT2D eigenvalue weighted by Crippen LogP contribution is 2.34. The number of hydrogen-bond donors (Lipinski definition) is 1. The number of carbonyl (C=O) groups excluding carboxylic acids is 1. The maximum absolute atomic E-state index is 11.6. The summed E-state index contributed by atoms with van der Waals surface area (Å²) in [5, 5.41) is 5.00. The first-order valence-corrected chi connectivity index (χ1v) is 7.13. The number of ketones is 1. The summed E-state index contributed by atoms with van der Waals surface area (Å²) >= 11 is 13.5. The third-order valence-electron chi connectivity index (χ3n) is 2.71. The van der Waals surface area contributed by atoms with Crippen LogP contribution in [0.25, 0.3) is 0 Å². The average molecular weight is 315 g/mol. The molecule has 0 aliphatic carbocycles. The van der Waals surface area contributed by atoms with Crippen molar-refractivity contribution in [3.63, 3.8) is 0 Å². The summed E-state index contributed by atoms with van der Waals surface area (Å²) in [5.74, 6) is -0.0249. The molecular formula is C13H12Cl2N2OS. The zero-order valence-corrected chi connectivity index (χ0v) is 13.0. The molecular weight excluding hydrogens is 303 g/mol. The Bertz CT molecular complexity index is 652. The van der Waals surface area contributed by atoms with E-state index in [0.717, 1.165) is 5.56 Å². The van der Waals surface area contributed by atoms with Crippen molar-refractivity contribution in [1.82, 2.24) is 4.37 Å². The van der Waals surface area contributed by atoms with Crippen LogP contribution >= 0.6 is 34.7 Å². The molecule has 3 nitrogen and oxygen atoms in total. The second kappa shape index (κ2) is 5.49. The molecule has 0 aliphatic rings. The summed E-state index contributed by atoms with van der Waals surface area (Å²) in [4.78, 5) is 11.6. The normalized spacial score (nSPS) is 10.6. The van der Waals surface area contributed by atoms with Crippen molar-refractivity contribution in [1.29, 1.82) is 0 Å². The van der Waals surface area contributed by atoms with Gasteiger partial charge in [0.2, 0.25) is 0 Å². The van der Waals surface area contributed by atoms with E-state index >= 15 is 0 Å². The summed E-state index contributed by atoms with van der Waals surface area (Å²) in [6.45, 7) is 5.21. The topological polar surface area (TPSA) is 42.0 Å². The van der Waals surface area contributed by atoms with Gasteiger partial charge < -0.3 is 5.32 Å². The zero-order chi connectivity index (χ0) is 14.2. The summed E-state index contributed by atoms with van der Waals surface area (Å²) < 4.78 is 4.19. The van der Waals surface area contributed by atoms with Crippen LogP contribution in [0, 0.1) is 13.8 Å². The highest BCUT2D eigenvalue weighted by Gasteiger charge is 2.16. The highest BCUT2D eigenvalue weighted by atomic mass is 35.5. The Kier molecular flexibility index (Phi) is 4.13. The molecule has 1 heterocycles. The number of anilines is 2. The predicted molar refractivity (Wildman–Crippen MR) is 81.3 cm³/mol. The number of aromatic nitrogens is 1. The minimum Gasteiger partial charge on any atom is -0.344 e. The number of rotatable bonds is 3. The first-order valence-electron chi connectivity index (χ1n) is 5.60. The lowest BCUT2D eigenvalue weighted by atomic mass is 10.1. The van der Waals surface area contributed by atoms with Gasteiger partial charge in [0.1, 0.15) is 5.00 Å². The van der Waals surface area contributed by atoms with E-state index in [9.17, 15) is 4.79 Å². The Balaban J connectivity index is 2.42. The van der Waals surface area contributed by atoms with Gasteiger partial charge in [-0.3, -0.25) is 4.79 Å². The van der Waals surface area contributed by atoms with Gasteiger partial charge in [0.05, 0.1) is 22.0 Å². The van der Waals surface area contributed by atoms with Crippen LogP contribution in [0.15, 0.2) is 12.1 Å². The van der Waals surface area contributed by atoms with Gasteiger partial charge in [-0.25, -0.2) is 0 Å². The molecule has 0 spiro atoms. The van der Waals surface area contributed by atoms with Crippen molar-refractivity contribution in [3.05, 3.63) is 39.0 Å². The molecule has 0 fully saturated rings. The number of halogens is 2. The number of benzene rings is 1. The monoisotopic (exact) mass is 314 g/mol. The second-order valence-corrected chi connectivity index (χ2v) is 5.82. The van der Waals surface area contributed by atoms with Crippen molar-refractivity contribution in [2.24, 2.45) is 0 Å². The number of hydrogen-bond acceptors (Lipinski definition) is 4. The van der Waals surface area contributed by atoms with E-state index in [2.05, 4.69) is 9.69 Å². The quantitative estimate of drug-likeness (QED) is 0.809. The number of Topliss-reactive ketones (excluding diaryl/α,β-unsaturated/α-hetero) is 1. The Hall–Kier alpha value is -1.10. The van der Waals surface area contributed by atoms with Crippen molar-refractivity contribution in [3.8, 4) is 0 Å². The van der Waals surface area contributed by atoms with Crippen molar-refractivity contribution in [2.75, 3.05) is 5.32 Å². The number of carbonyl (C=O) groups is 1.